The Morgan fingerprint density at radius 1 is 1.35 bits per heavy atom. The van der Waals surface area contributed by atoms with Crippen molar-refractivity contribution in [2.45, 2.75) is 12.8 Å². The first-order valence-electron chi connectivity index (χ1n) is 6.45. The summed E-state index contributed by atoms with van der Waals surface area (Å²) in [6.07, 6.45) is 1.28. The van der Waals surface area contributed by atoms with Gasteiger partial charge in [-0.15, -0.1) is 0 Å². The molecule has 1 fully saturated rings. The van der Waals surface area contributed by atoms with Gasteiger partial charge in [-0.05, 0) is 24.1 Å². The van der Waals surface area contributed by atoms with E-state index in [1.54, 1.807) is 0 Å². The summed E-state index contributed by atoms with van der Waals surface area (Å²) in [5.74, 6) is 0.967. The predicted molar refractivity (Wildman–Crippen MR) is 82.4 cm³/mol. The SMILES string of the molecule is NC(=S)Cc1ccc(OCCN2CCCS2(=O)=O)cc1. The Morgan fingerprint density at radius 3 is 2.60 bits per heavy atom. The highest BCUT2D eigenvalue weighted by atomic mass is 32.2. The van der Waals surface area contributed by atoms with Gasteiger partial charge in [-0.25, -0.2) is 8.42 Å². The molecule has 0 aliphatic carbocycles. The topological polar surface area (TPSA) is 72.6 Å². The molecule has 0 amide bonds. The van der Waals surface area contributed by atoms with E-state index in [0.29, 0.717) is 43.3 Å². The highest BCUT2D eigenvalue weighted by molar-refractivity contribution is 7.89. The minimum atomic E-state index is -3.04. The number of benzene rings is 1. The molecule has 1 heterocycles. The second-order valence-electron chi connectivity index (χ2n) is 4.70. The molecule has 0 radical (unpaired) electrons. The summed E-state index contributed by atoms with van der Waals surface area (Å²) in [7, 11) is -3.04. The van der Waals surface area contributed by atoms with Gasteiger partial charge in [-0.1, -0.05) is 24.4 Å². The van der Waals surface area contributed by atoms with Crippen LogP contribution >= 0.6 is 12.2 Å². The van der Waals surface area contributed by atoms with Crippen LogP contribution in [-0.4, -0.2) is 43.2 Å². The molecule has 0 bridgehead atoms. The van der Waals surface area contributed by atoms with Crippen molar-refractivity contribution >= 4 is 27.2 Å². The molecule has 0 aromatic heterocycles. The number of hydrogen-bond acceptors (Lipinski definition) is 4. The number of nitrogens with zero attached hydrogens (tertiary/aromatic N) is 1. The molecule has 5 nitrogen and oxygen atoms in total. The van der Waals surface area contributed by atoms with Gasteiger partial charge < -0.3 is 10.5 Å². The highest BCUT2D eigenvalue weighted by Gasteiger charge is 2.27. The van der Waals surface area contributed by atoms with Gasteiger partial charge in [-0.2, -0.15) is 4.31 Å². The summed E-state index contributed by atoms with van der Waals surface area (Å²) in [5.41, 5.74) is 6.51. The van der Waals surface area contributed by atoms with E-state index in [1.807, 2.05) is 24.3 Å². The number of hydrogen-bond donors (Lipinski definition) is 1. The zero-order chi connectivity index (χ0) is 14.6. The van der Waals surface area contributed by atoms with E-state index in [-0.39, 0.29) is 5.75 Å². The van der Waals surface area contributed by atoms with E-state index >= 15 is 0 Å². The Labute approximate surface area is 124 Å². The van der Waals surface area contributed by atoms with Crippen LogP contribution in [-0.2, 0) is 16.4 Å². The molecule has 1 aromatic rings. The molecule has 0 saturated carbocycles. The summed E-state index contributed by atoms with van der Waals surface area (Å²) in [4.78, 5) is 0.456. The summed E-state index contributed by atoms with van der Waals surface area (Å²) in [6, 6.07) is 7.49. The lowest BCUT2D eigenvalue weighted by Gasteiger charge is -2.14. The van der Waals surface area contributed by atoms with Crippen LogP contribution in [0, 0.1) is 0 Å². The molecule has 1 aromatic carbocycles. The predicted octanol–water partition coefficient (Wildman–Crippen LogP) is 0.929. The third kappa shape index (κ3) is 4.16. The summed E-state index contributed by atoms with van der Waals surface area (Å²) in [5, 5.41) is 0. The van der Waals surface area contributed by atoms with Crippen LogP contribution in [0.4, 0.5) is 0 Å². The van der Waals surface area contributed by atoms with Crippen molar-refractivity contribution in [2.24, 2.45) is 5.73 Å². The Balaban J connectivity index is 1.81. The molecular formula is C13H18N2O3S2. The van der Waals surface area contributed by atoms with Gasteiger partial charge in [0.15, 0.2) is 0 Å². The Bertz CT molecular complexity index is 570. The van der Waals surface area contributed by atoms with Crippen LogP contribution in [0.25, 0.3) is 0 Å². The fraction of sp³-hybridized carbons (Fsp3) is 0.462. The fourth-order valence-corrected chi connectivity index (χ4v) is 3.79. The van der Waals surface area contributed by atoms with E-state index in [1.165, 1.54) is 4.31 Å². The van der Waals surface area contributed by atoms with Crippen LogP contribution in [0.5, 0.6) is 5.75 Å². The minimum absolute atomic E-state index is 0.251. The first kappa shape index (κ1) is 15.2. The number of rotatable bonds is 6. The molecule has 20 heavy (non-hydrogen) atoms. The zero-order valence-electron chi connectivity index (χ0n) is 11.1. The summed E-state index contributed by atoms with van der Waals surface area (Å²) >= 11 is 4.85. The monoisotopic (exact) mass is 314 g/mol. The van der Waals surface area contributed by atoms with E-state index in [9.17, 15) is 8.42 Å². The van der Waals surface area contributed by atoms with Crippen LogP contribution in [0.2, 0.25) is 0 Å². The van der Waals surface area contributed by atoms with Gasteiger partial charge >= 0.3 is 0 Å². The second-order valence-corrected chi connectivity index (χ2v) is 7.32. The van der Waals surface area contributed by atoms with Crippen molar-refractivity contribution in [1.29, 1.82) is 0 Å². The fourth-order valence-electron chi connectivity index (χ4n) is 2.11. The van der Waals surface area contributed by atoms with Gasteiger partial charge in [0.2, 0.25) is 10.0 Å². The molecule has 1 aliphatic heterocycles. The maximum Gasteiger partial charge on any atom is 0.214 e. The maximum atomic E-state index is 11.6. The van der Waals surface area contributed by atoms with E-state index in [4.69, 9.17) is 22.7 Å². The Hall–Kier alpha value is -1.18. The van der Waals surface area contributed by atoms with Crippen LogP contribution in [0.15, 0.2) is 24.3 Å². The molecule has 110 valence electrons. The largest absolute Gasteiger partial charge is 0.492 e. The third-order valence-corrected chi connectivity index (χ3v) is 5.22. The lowest BCUT2D eigenvalue weighted by atomic mass is 10.1. The standard InChI is InChI=1S/C13H18N2O3S2/c14-13(19)10-11-2-4-12(5-3-11)18-8-7-15-6-1-9-20(15,16)17/h2-5H,1,6-10H2,(H2,14,19). The van der Waals surface area contributed by atoms with Crippen LogP contribution < -0.4 is 10.5 Å². The van der Waals surface area contributed by atoms with Gasteiger partial charge in [0.25, 0.3) is 0 Å². The number of nitrogens with two attached hydrogens (primary N) is 1. The van der Waals surface area contributed by atoms with Gasteiger partial charge in [0, 0.05) is 19.5 Å². The average molecular weight is 314 g/mol. The van der Waals surface area contributed by atoms with E-state index in [2.05, 4.69) is 0 Å². The molecule has 1 aliphatic rings. The molecule has 7 heteroatoms. The maximum absolute atomic E-state index is 11.6. The average Bonchev–Trinajstić information content (AvgIpc) is 2.70. The van der Waals surface area contributed by atoms with Crippen LogP contribution in [0.1, 0.15) is 12.0 Å². The smallest absolute Gasteiger partial charge is 0.214 e. The first-order chi connectivity index (χ1) is 9.47. The number of sulfonamides is 1. The van der Waals surface area contributed by atoms with Gasteiger partial charge in [0.1, 0.15) is 12.4 Å². The van der Waals surface area contributed by atoms with Crippen LogP contribution in [0.3, 0.4) is 0 Å². The van der Waals surface area contributed by atoms with Crippen molar-refractivity contribution in [3.05, 3.63) is 29.8 Å². The van der Waals surface area contributed by atoms with Crippen molar-refractivity contribution in [1.82, 2.24) is 4.31 Å². The first-order valence-corrected chi connectivity index (χ1v) is 8.47. The normalized spacial score (nSPS) is 18.0. The number of thiocarbonyl (C=S) groups is 1. The summed E-state index contributed by atoms with van der Waals surface area (Å²) < 4.78 is 30.2. The third-order valence-electron chi connectivity index (χ3n) is 3.11. The van der Waals surface area contributed by atoms with Crippen molar-refractivity contribution in [2.75, 3.05) is 25.4 Å². The summed E-state index contributed by atoms with van der Waals surface area (Å²) in [6.45, 7) is 1.35. The minimum Gasteiger partial charge on any atom is -0.492 e. The molecule has 0 spiro atoms. The molecular weight excluding hydrogens is 296 g/mol. The number of ether oxygens (including phenoxy) is 1. The molecule has 0 unspecified atom stereocenters. The van der Waals surface area contributed by atoms with E-state index in [0.717, 1.165) is 5.56 Å². The highest BCUT2D eigenvalue weighted by Crippen LogP contribution is 2.15. The second kappa shape index (κ2) is 6.51. The molecule has 0 atom stereocenters. The Morgan fingerprint density at radius 2 is 2.05 bits per heavy atom. The van der Waals surface area contributed by atoms with Crippen molar-refractivity contribution in [3.63, 3.8) is 0 Å². The Kier molecular flexibility index (Phi) is 4.95. The molecule has 2 N–H and O–H groups in total. The lowest BCUT2D eigenvalue weighted by molar-refractivity contribution is 0.279. The van der Waals surface area contributed by atoms with Crippen molar-refractivity contribution < 1.29 is 13.2 Å². The molecule has 1 saturated heterocycles. The zero-order valence-corrected chi connectivity index (χ0v) is 12.8. The van der Waals surface area contributed by atoms with Gasteiger partial charge in [-0.3, -0.25) is 0 Å². The lowest BCUT2D eigenvalue weighted by Crippen LogP contribution is -2.30. The molecule has 2 rings (SSSR count). The quantitative estimate of drug-likeness (QED) is 0.791. The van der Waals surface area contributed by atoms with E-state index < -0.39 is 10.0 Å². The van der Waals surface area contributed by atoms with Crippen molar-refractivity contribution in [3.8, 4) is 5.75 Å². The van der Waals surface area contributed by atoms with Gasteiger partial charge in [0.05, 0.1) is 10.7 Å².